The lowest BCUT2D eigenvalue weighted by Gasteiger charge is -2.19. The van der Waals surface area contributed by atoms with Crippen molar-refractivity contribution in [2.75, 3.05) is 0 Å². The fraction of sp³-hybridized carbons (Fsp3) is 0.308. The molecule has 1 nitrogen and oxygen atoms in total. The molecule has 1 rings (SSSR count). The average Bonchev–Trinajstić information content (AvgIpc) is 2.18. The quantitative estimate of drug-likeness (QED) is 0.526. The number of aldehydes is 1. The van der Waals surface area contributed by atoms with Crippen LogP contribution in [0.4, 0.5) is 0 Å². The highest BCUT2D eigenvalue weighted by atomic mass is 16.1. The number of allylic oxidation sites excluding steroid dienone is 2. The minimum absolute atomic E-state index is 0.486. The second-order valence-corrected chi connectivity index (χ2v) is 3.99. The van der Waals surface area contributed by atoms with Gasteiger partial charge in [0, 0.05) is 0 Å². The first kappa shape index (κ1) is 10.7. The molecule has 0 aromatic heterocycles. The van der Waals surface area contributed by atoms with E-state index < -0.39 is 5.41 Å². The number of benzene rings is 1. The lowest BCUT2D eigenvalue weighted by molar-refractivity contribution is -0.110. The van der Waals surface area contributed by atoms with Crippen LogP contribution < -0.4 is 0 Å². The van der Waals surface area contributed by atoms with E-state index >= 15 is 0 Å². The Morgan fingerprint density at radius 2 is 1.79 bits per heavy atom. The van der Waals surface area contributed by atoms with E-state index in [0.29, 0.717) is 0 Å². The van der Waals surface area contributed by atoms with E-state index in [-0.39, 0.29) is 0 Å². The Labute approximate surface area is 85.5 Å². The van der Waals surface area contributed by atoms with E-state index in [0.717, 1.165) is 17.4 Å². The van der Waals surface area contributed by atoms with Gasteiger partial charge in [0.15, 0.2) is 0 Å². The molecule has 0 saturated carbocycles. The predicted octanol–water partition coefficient (Wildman–Crippen LogP) is 3.11. The van der Waals surface area contributed by atoms with Gasteiger partial charge in [-0.25, -0.2) is 0 Å². The second-order valence-electron chi connectivity index (χ2n) is 3.99. The minimum Gasteiger partial charge on any atom is -0.302 e. The Balaban J connectivity index is 3.15. The molecule has 0 bridgehead atoms. The zero-order valence-corrected chi connectivity index (χ0v) is 8.95. The van der Waals surface area contributed by atoms with E-state index in [1.54, 1.807) is 0 Å². The van der Waals surface area contributed by atoms with Crippen LogP contribution in [0.5, 0.6) is 0 Å². The molecule has 0 N–H and O–H groups in total. The van der Waals surface area contributed by atoms with Gasteiger partial charge < -0.3 is 4.79 Å². The molecule has 0 amide bonds. The standard InChI is InChI=1S/C13H16O/c1-11(2)9-13(3,10-14)12-7-5-4-6-8-12/h4-10H,1-3H3. The molecule has 1 aromatic rings. The lowest BCUT2D eigenvalue weighted by Crippen LogP contribution is -2.20. The van der Waals surface area contributed by atoms with E-state index in [1.807, 2.05) is 57.2 Å². The molecular formula is C13H16O. The Bertz CT molecular complexity index is 334. The number of carbonyl (C=O) groups is 1. The predicted molar refractivity (Wildman–Crippen MR) is 59.3 cm³/mol. The summed E-state index contributed by atoms with van der Waals surface area (Å²) in [4.78, 5) is 11.1. The molecule has 0 spiro atoms. The zero-order valence-electron chi connectivity index (χ0n) is 8.95. The van der Waals surface area contributed by atoms with Gasteiger partial charge in [-0.2, -0.15) is 0 Å². The summed E-state index contributed by atoms with van der Waals surface area (Å²) in [6, 6.07) is 9.82. The smallest absolute Gasteiger partial charge is 0.134 e. The number of hydrogen-bond acceptors (Lipinski definition) is 1. The summed E-state index contributed by atoms with van der Waals surface area (Å²) in [6.45, 7) is 5.94. The third kappa shape index (κ3) is 2.32. The summed E-state index contributed by atoms with van der Waals surface area (Å²) in [5, 5.41) is 0. The van der Waals surface area contributed by atoms with Crippen molar-refractivity contribution in [2.24, 2.45) is 0 Å². The molecule has 0 aliphatic carbocycles. The van der Waals surface area contributed by atoms with Gasteiger partial charge in [-0.3, -0.25) is 0 Å². The number of rotatable bonds is 3. The van der Waals surface area contributed by atoms with Crippen LogP contribution in [0.25, 0.3) is 0 Å². The molecule has 1 aromatic carbocycles. The maximum Gasteiger partial charge on any atom is 0.134 e. The number of carbonyl (C=O) groups excluding carboxylic acids is 1. The second kappa shape index (κ2) is 4.23. The van der Waals surface area contributed by atoms with Gasteiger partial charge in [0.1, 0.15) is 6.29 Å². The van der Waals surface area contributed by atoms with Crippen LogP contribution in [0.1, 0.15) is 26.3 Å². The summed E-state index contributed by atoms with van der Waals surface area (Å²) in [6.07, 6.45) is 2.99. The molecule has 0 aliphatic rings. The molecule has 0 saturated heterocycles. The van der Waals surface area contributed by atoms with Crippen molar-refractivity contribution in [3.8, 4) is 0 Å². The summed E-state index contributed by atoms with van der Waals surface area (Å²) >= 11 is 0. The molecule has 0 heterocycles. The molecule has 1 atom stereocenters. The maximum absolute atomic E-state index is 11.1. The van der Waals surface area contributed by atoms with Crippen molar-refractivity contribution in [2.45, 2.75) is 26.2 Å². The van der Waals surface area contributed by atoms with Crippen molar-refractivity contribution >= 4 is 6.29 Å². The SMILES string of the molecule is CC(C)=CC(C)(C=O)c1ccccc1. The first-order valence-corrected chi connectivity index (χ1v) is 4.76. The highest BCUT2D eigenvalue weighted by Crippen LogP contribution is 2.24. The number of hydrogen-bond donors (Lipinski definition) is 0. The lowest BCUT2D eigenvalue weighted by atomic mass is 9.83. The maximum atomic E-state index is 11.1. The average molecular weight is 188 g/mol. The highest BCUT2D eigenvalue weighted by Gasteiger charge is 2.22. The molecular weight excluding hydrogens is 172 g/mol. The third-order valence-electron chi connectivity index (χ3n) is 2.23. The van der Waals surface area contributed by atoms with Crippen molar-refractivity contribution < 1.29 is 4.79 Å². The van der Waals surface area contributed by atoms with Crippen LogP contribution in [0.3, 0.4) is 0 Å². The van der Waals surface area contributed by atoms with Crippen LogP contribution in [0.15, 0.2) is 42.0 Å². The van der Waals surface area contributed by atoms with Gasteiger partial charge in [0.05, 0.1) is 5.41 Å². The van der Waals surface area contributed by atoms with Gasteiger partial charge in [-0.05, 0) is 26.3 Å². The normalized spacial score (nSPS) is 14.2. The Morgan fingerprint density at radius 3 is 2.21 bits per heavy atom. The molecule has 1 heteroatoms. The van der Waals surface area contributed by atoms with Crippen molar-refractivity contribution in [3.63, 3.8) is 0 Å². The fourth-order valence-electron chi connectivity index (χ4n) is 1.58. The summed E-state index contributed by atoms with van der Waals surface area (Å²) in [7, 11) is 0. The van der Waals surface area contributed by atoms with Crippen LogP contribution in [-0.4, -0.2) is 6.29 Å². The summed E-state index contributed by atoms with van der Waals surface area (Å²) < 4.78 is 0. The largest absolute Gasteiger partial charge is 0.302 e. The monoisotopic (exact) mass is 188 g/mol. The summed E-state index contributed by atoms with van der Waals surface area (Å²) in [5.41, 5.74) is 1.71. The highest BCUT2D eigenvalue weighted by molar-refractivity contribution is 5.71. The van der Waals surface area contributed by atoms with Crippen molar-refractivity contribution in [1.29, 1.82) is 0 Å². The summed E-state index contributed by atoms with van der Waals surface area (Å²) in [5.74, 6) is 0. The Kier molecular flexibility index (Phi) is 3.23. The van der Waals surface area contributed by atoms with Crippen molar-refractivity contribution in [1.82, 2.24) is 0 Å². The van der Waals surface area contributed by atoms with Gasteiger partial charge in [0.25, 0.3) is 0 Å². The Hall–Kier alpha value is -1.37. The zero-order chi connectivity index (χ0) is 10.6. The van der Waals surface area contributed by atoms with E-state index in [1.165, 1.54) is 0 Å². The van der Waals surface area contributed by atoms with Gasteiger partial charge >= 0.3 is 0 Å². The van der Waals surface area contributed by atoms with Crippen LogP contribution in [0.2, 0.25) is 0 Å². The van der Waals surface area contributed by atoms with Gasteiger partial charge in [-0.1, -0.05) is 42.0 Å². The Morgan fingerprint density at radius 1 is 1.21 bits per heavy atom. The first-order valence-electron chi connectivity index (χ1n) is 4.76. The third-order valence-corrected chi connectivity index (χ3v) is 2.23. The molecule has 0 fully saturated rings. The first-order chi connectivity index (χ1) is 6.58. The van der Waals surface area contributed by atoms with Crippen LogP contribution in [-0.2, 0) is 10.2 Å². The molecule has 1 unspecified atom stereocenters. The fourth-order valence-corrected chi connectivity index (χ4v) is 1.58. The topological polar surface area (TPSA) is 17.1 Å². The van der Waals surface area contributed by atoms with Crippen molar-refractivity contribution in [3.05, 3.63) is 47.5 Å². The molecule has 0 radical (unpaired) electrons. The van der Waals surface area contributed by atoms with Crippen LogP contribution >= 0.6 is 0 Å². The minimum atomic E-state index is -0.486. The molecule has 14 heavy (non-hydrogen) atoms. The van der Waals surface area contributed by atoms with E-state index in [2.05, 4.69) is 0 Å². The van der Waals surface area contributed by atoms with Gasteiger partial charge in [0.2, 0.25) is 0 Å². The molecule has 74 valence electrons. The molecule has 0 aliphatic heterocycles. The van der Waals surface area contributed by atoms with E-state index in [4.69, 9.17) is 0 Å². The van der Waals surface area contributed by atoms with Crippen LogP contribution in [0, 0.1) is 0 Å². The van der Waals surface area contributed by atoms with Gasteiger partial charge in [-0.15, -0.1) is 0 Å². The van der Waals surface area contributed by atoms with E-state index in [9.17, 15) is 4.79 Å².